The minimum Gasteiger partial charge on any atom is -0.394 e. The van der Waals surface area contributed by atoms with Crippen LogP contribution < -0.4 is 0 Å². The molecule has 1 aliphatic heterocycles. The van der Waals surface area contributed by atoms with Gasteiger partial charge in [0.05, 0.1) is 24.4 Å². The van der Waals surface area contributed by atoms with Crippen molar-refractivity contribution in [2.45, 2.75) is 113 Å². The summed E-state index contributed by atoms with van der Waals surface area (Å²) < 4.78 is 12.0. The van der Waals surface area contributed by atoms with Gasteiger partial charge >= 0.3 is 0 Å². The molecule has 0 aromatic carbocycles. The van der Waals surface area contributed by atoms with E-state index < -0.39 is 72.1 Å². The molecule has 1 spiro atoms. The SMILES string of the molecule is C=C1[C@H]2C[C@H](O)C(C)(C)[C@@]2(O)[C@H](O)C[C@@]23C[C@@H](CC[C@@H]12)[C@](C)(O[C@@H]1O[C@H](CO)[C@@H](O)[C@H](O)[C@H]1O)C3. The average molecular weight is 499 g/mol. The van der Waals surface area contributed by atoms with E-state index in [1.807, 2.05) is 20.8 Å². The monoisotopic (exact) mass is 498 g/mol. The lowest BCUT2D eigenvalue weighted by Gasteiger charge is -2.45. The van der Waals surface area contributed by atoms with Crippen molar-refractivity contribution in [3.8, 4) is 0 Å². The Labute approximate surface area is 206 Å². The first-order valence-corrected chi connectivity index (χ1v) is 13.0. The quantitative estimate of drug-likeness (QED) is 0.262. The lowest BCUT2D eigenvalue weighted by molar-refractivity contribution is -0.329. The van der Waals surface area contributed by atoms with E-state index in [2.05, 4.69) is 6.58 Å². The summed E-state index contributed by atoms with van der Waals surface area (Å²) in [5.41, 5.74) is -2.60. The van der Waals surface area contributed by atoms with E-state index in [0.717, 1.165) is 24.8 Å². The van der Waals surface area contributed by atoms with Gasteiger partial charge in [-0.2, -0.15) is 0 Å². The van der Waals surface area contributed by atoms with Gasteiger partial charge < -0.3 is 45.2 Å². The molecule has 1 heterocycles. The molecule has 1 saturated heterocycles. The zero-order valence-corrected chi connectivity index (χ0v) is 20.9. The summed E-state index contributed by atoms with van der Waals surface area (Å²) in [4.78, 5) is 0. The van der Waals surface area contributed by atoms with E-state index in [9.17, 15) is 35.7 Å². The molecule has 9 heteroatoms. The third-order valence-corrected chi connectivity index (χ3v) is 10.9. The smallest absolute Gasteiger partial charge is 0.187 e. The molecule has 4 saturated carbocycles. The van der Waals surface area contributed by atoms with E-state index in [1.165, 1.54) is 0 Å². The number of rotatable bonds is 3. The van der Waals surface area contributed by atoms with Crippen molar-refractivity contribution in [2.75, 3.05) is 6.61 Å². The minimum absolute atomic E-state index is 0.0498. The van der Waals surface area contributed by atoms with Gasteiger partial charge in [0, 0.05) is 11.3 Å². The van der Waals surface area contributed by atoms with E-state index in [1.54, 1.807) is 0 Å². The Bertz CT molecular complexity index is 862. The molecular formula is C26H42O9. The molecule has 5 aliphatic rings. The van der Waals surface area contributed by atoms with Crippen LogP contribution in [0.4, 0.5) is 0 Å². The average Bonchev–Trinajstić information content (AvgIpc) is 3.10. The predicted molar refractivity (Wildman–Crippen MR) is 124 cm³/mol. The van der Waals surface area contributed by atoms with Crippen LogP contribution in [0.15, 0.2) is 12.2 Å². The first kappa shape index (κ1) is 26.0. The van der Waals surface area contributed by atoms with Crippen LogP contribution >= 0.6 is 0 Å². The fourth-order valence-electron chi connectivity index (χ4n) is 8.71. The van der Waals surface area contributed by atoms with Gasteiger partial charge in [-0.15, -0.1) is 0 Å². The molecule has 5 rings (SSSR count). The second kappa shape index (κ2) is 8.19. The molecule has 5 fully saturated rings. The van der Waals surface area contributed by atoms with Crippen molar-refractivity contribution < 1.29 is 45.2 Å². The Morgan fingerprint density at radius 3 is 2.29 bits per heavy atom. The van der Waals surface area contributed by atoms with Crippen LogP contribution in [-0.2, 0) is 9.47 Å². The topological polar surface area (TPSA) is 160 Å². The molecule has 0 aromatic rings. The van der Waals surface area contributed by atoms with E-state index in [0.29, 0.717) is 19.3 Å². The highest BCUT2D eigenvalue weighted by Gasteiger charge is 2.70. The molecule has 35 heavy (non-hydrogen) atoms. The molecule has 9 nitrogen and oxygen atoms in total. The van der Waals surface area contributed by atoms with Crippen LogP contribution in [0.25, 0.3) is 0 Å². The van der Waals surface area contributed by atoms with Crippen molar-refractivity contribution in [3.63, 3.8) is 0 Å². The molecule has 7 N–H and O–H groups in total. The predicted octanol–water partition coefficient (Wildman–Crippen LogP) is -0.173. The number of fused-ring (bicyclic) bond motifs is 2. The van der Waals surface area contributed by atoms with Gasteiger partial charge in [-0.1, -0.05) is 26.0 Å². The summed E-state index contributed by atoms with van der Waals surface area (Å²) in [6, 6.07) is 0. The summed E-state index contributed by atoms with van der Waals surface area (Å²) in [5.74, 6) is -0.257. The maximum Gasteiger partial charge on any atom is 0.187 e. The third kappa shape index (κ3) is 3.40. The van der Waals surface area contributed by atoms with Crippen LogP contribution in [0.5, 0.6) is 0 Å². The molecule has 0 radical (unpaired) electrons. The number of aliphatic hydroxyl groups is 7. The van der Waals surface area contributed by atoms with Crippen LogP contribution in [0.1, 0.15) is 59.3 Å². The van der Waals surface area contributed by atoms with Crippen LogP contribution in [0, 0.1) is 28.6 Å². The van der Waals surface area contributed by atoms with Crippen LogP contribution in [0.2, 0.25) is 0 Å². The fourth-order valence-corrected chi connectivity index (χ4v) is 8.71. The molecule has 200 valence electrons. The van der Waals surface area contributed by atoms with Crippen molar-refractivity contribution >= 4 is 0 Å². The van der Waals surface area contributed by atoms with Gasteiger partial charge in [0.2, 0.25) is 0 Å². The number of ether oxygens (including phenoxy) is 2. The van der Waals surface area contributed by atoms with E-state index in [4.69, 9.17) is 9.47 Å². The van der Waals surface area contributed by atoms with E-state index in [-0.39, 0.29) is 17.3 Å². The van der Waals surface area contributed by atoms with Gasteiger partial charge in [0.25, 0.3) is 0 Å². The molecule has 0 unspecified atom stereocenters. The molecule has 4 aliphatic carbocycles. The lowest BCUT2D eigenvalue weighted by Crippen LogP contribution is -2.60. The Hall–Kier alpha value is -0.620. The van der Waals surface area contributed by atoms with Gasteiger partial charge in [-0.05, 0) is 62.7 Å². The largest absolute Gasteiger partial charge is 0.394 e. The van der Waals surface area contributed by atoms with Crippen LogP contribution in [-0.4, -0.2) is 96.5 Å². The molecule has 0 aromatic heterocycles. The molecule has 2 bridgehead atoms. The first-order valence-electron chi connectivity index (χ1n) is 13.0. The van der Waals surface area contributed by atoms with Gasteiger partial charge in [-0.3, -0.25) is 0 Å². The summed E-state index contributed by atoms with van der Waals surface area (Å²) >= 11 is 0. The third-order valence-electron chi connectivity index (χ3n) is 10.9. The maximum atomic E-state index is 11.9. The number of hydrogen-bond acceptors (Lipinski definition) is 9. The normalized spacial score (nSPS) is 57.5. The van der Waals surface area contributed by atoms with Crippen molar-refractivity contribution in [3.05, 3.63) is 12.2 Å². The van der Waals surface area contributed by atoms with Gasteiger partial charge in [0.15, 0.2) is 6.29 Å². The summed E-state index contributed by atoms with van der Waals surface area (Å²) in [6.07, 6.45) is -4.81. The highest BCUT2D eigenvalue weighted by molar-refractivity contribution is 5.30. The Morgan fingerprint density at radius 1 is 0.943 bits per heavy atom. The first-order chi connectivity index (χ1) is 16.2. The van der Waals surface area contributed by atoms with Crippen molar-refractivity contribution in [1.82, 2.24) is 0 Å². The standard InChI is InChI=1S/C26H42O9/c1-12-14-6-5-13-8-25(14,9-18(29)26(33)15(12)7-17(28)23(26,2)3)11-24(13,4)35-22-21(32)20(31)19(30)16(10-27)34-22/h13-22,27-33H,1,5-11H2,2-4H3/t13-,14+,15-,16-,17+,18-,19-,20+,21-,22+,24-,25-,26+/m1/s1. The molecule has 0 amide bonds. The number of aliphatic hydroxyl groups excluding tert-OH is 6. The minimum atomic E-state index is -1.51. The Kier molecular flexibility index (Phi) is 6.08. The highest BCUT2D eigenvalue weighted by atomic mass is 16.7. The maximum absolute atomic E-state index is 11.9. The highest BCUT2D eigenvalue weighted by Crippen LogP contribution is 2.69. The summed E-state index contributed by atoms with van der Waals surface area (Å²) in [5, 5.41) is 74.7. The molecular weight excluding hydrogens is 456 g/mol. The van der Waals surface area contributed by atoms with E-state index >= 15 is 0 Å². The van der Waals surface area contributed by atoms with Crippen LogP contribution in [0.3, 0.4) is 0 Å². The Balaban J connectivity index is 1.44. The Morgan fingerprint density at radius 2 is 1.63 bits per heavy atom. The van der Waals surface area contributed by atoms with Crippen molar-refractivity contribution in [1.29, 1.82) is 0 Å². The number of hydrogen-bond donors (Lipinski definition) is 7. The van der Waals surface area contributed by atoms with Gasteiger partial charge in [-0.25, -0.2) is 0 Å². The zero-order chi connectivity index (χ0) is 25.7. The zero-order valence-electron chi connectivity index (χ0n) is 20.9. The summed E-state index contributed by atoms with van der Waals surface area (Å²) in [7, 11) is 0. The van der Waals surface area contributed by atoms with Crippen molar-refractivity contribution in [2.24, 2.45) is 28.6 Å². The van der Waals surface area contributed by atoms with Gasteiger partial charge in [0.1, 0.15) is 30.0 Å². The summed E-state index contributed by atoms with van der Waals surface area (Å²) in [6.45, 7) is 9.49. The second-order valence-electron chi connectivity index (χ2n) is 12.8. The second-order valence-corrected chi connectivity index (χ2v) is 12.8. The fraction of sp³-hybridized carbons (Fsp3) is 0.923. The lowest BCUT2D eigenvalue weighted by atomic mass is 9.63. The molecule has 13 atom stereocenters.